The molecule has 0 radical (unpaired) electrons. The minimum absolute atomic E-state index is 0.115. The normalized spacial score (nSPS) is 12.8. The van der Waals surface area contributed by atoms with E-state index in [0.29, 0.717) is 19.6 Å². The molecule has 1 aliphatic heterocycles. The Morgan fingerprint density at radius 1 is 1.03 bits per heavy atom. The Labute approximate surface area is 220 Å². The highest BCUT2D eigenvalue weighted by molar-refractivity contribution is 7.90. The molecule has 2 N–H and O–H groups in total. The molecule has 8 nitrogen and oxygen atoms in total. The van der Waals surface area contributed by atoms with Crippen LogP contribution in [0.25, 0.3) is 6.08 Å². The molecule has 4 aromatic rings. The van der Waals surface area contributed by atoms with Crippen molar-refractivity contribution in [2.75, 3.05) is 28.8 Å². The smallest absolute Gasteiger partial charge is 0.148 e. The Kier molecular flexibility index (Phi) is 7.50. The van der Waals surface area contributed by atoms with Crippen LogP contribution in [0.15, 0.2) is 79.4 Å². The number of fused-ring (bicyclic) bond motifs is 1. The highest BCUT2D eigenvalue weighted by Gasteiger charge is 2.18. The second-order valence-electron chi connectivity index (χ2n) is 8.66. The number of pyridine rings is 1. The van der Waals surface area contributed by atoms with Crippen molar-refractivity contribution in [2.24, 2.45) is 0 Å². The molecular weight excluding hydrogens is 506 g/mol. The van der Waals surface area contributed by atoms with Gasteiger partial charge in [-0.3, -0.25) is 4.98 Å². The zero-order valence-corrected chi connectivity index (χ0v) is 21.9. The molecular formula is C27H27N5O3S2. The number of ether oxygens (including phenoxy) is 1. The number of hydrogen-bond donors (Lipinski definition) is 2. The molecule has 0 saturated heterocycles. The van der Waals surface area contributed by atoms with Crippen LogP contribution in [0.3, 0.4) is 0 Å². The molecule has 0 bridgehead atoms. The van der Waals surface area contributed by atoms with Gasteiger partial charge in [-0.15, -0.1) is 0 Å². The Hall–Kier alpha value is -3.73. The second kappa shape index (κ2) is 11.1. The lowest BCUT2D eigenvalue weighted by molar-refractivity contribution is 0.483. The zero-order chi connectivity index (χ0) is 25.7. The van der Waals surface area contributed by atoms with E-state index in [2.05, 4.69) is 31.6 Å². The van der Waals surface area contributed by atoms with Crippen molar-refractivity contribution in [3.05, 3.63) is 95.5 Å². The van der Waals surface area contributed by atoms with E-state index in [1.807, 2.05) is 79.4 Å². The quantitative estimate of drug-likeness (QED) is 0.269. The topological polar surface area (TPSA) is 96.5 Å². The lowest BCUT2D eigenvalue weighted by atomic mass is 10.0. The fourth-order valence-corrected chi connectivity index (χ4v) is 5.21. The van der Waals surface area contributed by atoms with Gasteiger partial charge < -0.3 is 20.3 Å². The molecule has 0 spiro atoms. The third-order valence-corrected chi connectivity index (χ3v) is 7.70. The summed E-state index contributed by atoms with van der Waals surface area (Å²) in [5.74, 6) is 1.68. The average molecular weight is 534 g/mol. The summed E-state index contributed by atoms with van der Waals surface area (Å²) in [4.78, 5) is 11.1. The van der Waals surface area contributed by atoms with Gasteiger partial charge in [0.1, 0.15) is 31.3 Å². The van der Waals surface area contributed by atoms with E-state index in [9.17, 15) is 8.42 Å². The molecule has 3 heterocycles. The summed E-state index contributed by atoms with van der Waals surface area (Å²) in [6.45, 7) is 1.62. The van der Waals surface area contributed by atoms with Crippen LogP contribution in [-0.2, 0) is 22.9 Å². The van der Waals surface area contributed by atoms with Gasteiger partial charge in [0, 0.05) is 48.6 Å². The van der Waals surface area contributed by atoms with E-state index in [1.54, 1.807) is 11.3 Å². The Morgan fingerprint density at radius 3 is 2.59 bits per heavy atom. The van der Waals surface area contributed by atoms with Crippen LogP contribution in [0.5, 0.6) is 11.5 Å². The number of para-hydroxylation sites is 1. The van der Waals surface area contributed by atoms with Gasteiger partial charge in [-0.1, -0.05) is 29.5 Å². The number of nitrogens with zero attached hydrogens (tertiary/aromatic N) is 3. The van der Waals surface area contributed by atoms with Crippen LogP contribution in [0.2, 0.25) is 0 Å². The lowest BCUT2D eigenvalue weighted by Crippen LogP contribution is -2.21. The molecule has 0 atom stereocenters. The van der Waals surface area contributed by atoms with Crippen molar-refractivity contribution in [2.45, 2.75) is 13.1 Å². The number of aromatic nitrogens is 2. The van der Waals surface area contributed by atoms with Crippen LogP contribution in [0, 0.1) is 0 Å². The summed E-state index contributed by atoms with van der Waals surface area (Å²) >= 11 is 1.59. The molecule has 2 aromatic carbocycles. The first-order valence-electron chi connectivity index (χ1n) is 11.8. The molecule has 0 saturated carbocycles. The van der Waals surface area contributed by atoms with E-state index in [1.165, 1.54) is 6.26 Å². The third-order valence-electron chi connectivity index (χ3n) is 5.72. The summed E-state index contributed by atoms with van der Waals surface area (Å²) in [6.07, 6.45) is 10.9. The number of benzene rings is 2. The minimum Gasteiger partial charge on any atom is -0.457 e. The van der Waals surface area contributed by atoms with Crippen molar-refractivity contribution in [1.82, 2.24) is 15.3 Å². The first-order valence-corrected chi connectivity index (χ1v) is 14.7. The fraction of sp³-hybridized carbons (Fsp3) is 0.185. The number of thiazole rings is 1. The SMILES string of the molecule is CS(=O)(=O)CCNCc1ncc(N2C=Cc3cncc(Nc4ccc(Oc5ccccc5)cc4)c3C2)s1. The molecule has 190 valence electrons. The van der Waals surface area contributed by atoms with Crippen molar-refractivity contribution < 1.29 is 13.2 Å². The van der Waals surface area contributed by atoms with Crippen LogP contribution in [0.1, 0.15) is 16.1 Å². The highest BCUT2D eigenvalue weighted by Crippen LogP contribution is 2.33. The average Bonchev–Trinajstić information content (AvgIpc) is 3.37. The highest BCUT2D eigenvalue weighted by atomic mass is 32.2. The van der Waals surface area contributed by atoms with Crippen molar-refractivity contribution in [3.63, 3.8) is 0 Å². The van der Waals surface area contributed by atoms with Gasteiger partial charge in [0.05, 0.1) is 30.4 Å². The minimum atomic E-state index is -2.98. The molecule has 0 fully saturated rings. The zero-order valence-electron chi connectivity index (χ0n) is 20.3. The summed E-state index contributed by atoms with van der Waals surface area (Å²) in [5.41, 5.74) is 4.09. The van der Waals surface area contributed by atoms with Crippen LogP contribution in [-0.4, -0.2) is 36.9 Å². The maximum atomic E-state index is 11.3. The van der Waals surface area contributed by atoms with Gasteiger partial charge in [0.2, 0.25) is 0 Å². The Morgan fingerprint density at radius 2 is 1.81 bits per heavy atom. The third kappa shape index (κ3) is 6.73. The molecule has 0 aliphatic carbocycles. The van der Waals surface area contributed by atoms with Gasteiger partial charge >= 0.3 is 0 Å². The molecule has 1 aliphatic rings. The molecule has 2 aromatic heterocycles. The Bertz CT molecular complexity index is 1490. The maximum absolute atomic E-state index is 11.3. The molecule has 10 heteroatoms. The predicted octanol–water partition coefficient (Wildman–Crippen LogP) is 5.20. The monoisotopic (exact) mass is 533 g/mol. The number of rotatable bonds is 10. The van der Waals surface area contributed by atoms with E-state index in [-0.39, 0.29) is 5.75 Å². The number of nitrogens with one attached hydrogen (secondary N) is 2. The van der Waals surface area contributed by atoms with Crippen LogP contribution < -0.4 is 20.3 Å². The van der Waals surface area contributed by atoms with Crippen molar-refractivity contribution in [3.8, 4) is 11.5 Å². The van der Waals surface area contributed by atoms with Crippen LogP contribution >= 0.6 is 11.3 Å². The number of anilines is 3. The van der Waals surface area contributed by atoms with E-state index < -0.39 is 9.84 Å². The van der Waals surface area contributed by atoms with Crippen molar-refractivity contribution in [1.29, 1.82) is 0 Å². The van der Waals surface area contributed by atoms with E-state index in [4.69, 9.17) is 4.74 Å². The van der Waals surface area contributed by atoms with Gasteiger partial charge in [-0.25, -0.2) is 13.4 Å². The standard InChI is InChI=1S/C27H27N5O3S2/c1-37(33,34)14-12-28-17-26-30-18-27(36-26)32-13-11-20-15-29-16-25(24(20)19-32)31-21-7-9-23(10-8-21)35-22-5-3-2-4-6-22/h2-11,13,15-16,18,28,31H,12,14,17,19H2,1H3. The van der Waals surface area contributed by atoms with E-state index >= 15 is 0 Å². The van der Waals surface area contributed by atoms with Gasteiger partial charge in [0.25, 0.3) is 0 Å². The van der Waals surface area contributed by atoms with Crippen molar-refractivity contribution >= 4 is 43.6 Å². The molecule has 0 amide bonds. The van der Waals surface area contributed by atoms with E-state index in [0.717, 1.165) is 44.0 Å². The summed E-state index contributed by atoms with van der Waals surface area (Å²) in [5, 5.41) is 8.58. The number of sulfone groups is 1. The summed E-state index contributed by atoms with van der Waals surface area (Å²) < 4.78 is 28.5. The maximum Gasteiger partial charge on any atom is 0.148 e. The summed E-state index contributed by atoms with van der Waals surface area (Å²) in [7, 11) is -2.98. The van der Waals surface area contributed by atoms with Gasteiger partial charge in [-0.2, -0.15) is 0 Å². The van der Waals surface area contributed by atoms with Crippen LogP contribution in [0.4, 0.5) is 16.4 Å². The first-order chi connectivity index (χ1) is 17.9. The Balaban J connectivity index is 1.23. The molecule has 5 rings (SSSR count). The largest absolute Gasteiger partial charge is 0.457 e. The second-order valence-corrected chi connectivity index (χ2v) is 12.0. The predicted molar refractivity (Wildman–Crippen MR) is 149 cm³/mol. The van der Waals surface area contributed by atoms with Gasteiger partial charge in [0.15, 0.2) is 0 Å². The fourth-order valence-electron chi connectivity index (χ4n) is 3.83. The lowest BCUT2D eigenvalue weighted by Gasteiger charge is -2.25. The number of hydrogen-bond acceptors (Lipinski definition) is 9. The molecule has 37 heavy (non-hydrogen) atoms. The molecule has 0 unspecified atom stereocenters. The van der Waals surface area contributed by atoms with Gasteiger partial charge in [-0.05, 0) is 42.5 Å². The first kappa shape index (κ1) is 24.9. The summed E-state index contributed by atoms with van der Waals surface area (Å²) in [6, 6.07) is 17.5.